The third-order valence-electron chi connectivity index (χ3n) is 2.99. The Kier molecular flexibility index (Phi) is 4.31. The van der Waals surface area contributed by atoms with Gasteiger partial charge in [-0.05, 0) is 46.3 Å². The average molecular weight is 403 g/mol. The van der Waals surface area contributed by atoms with E-state index < -0.39 is 6.61 Å². The van der Waals surface area contributed by atoms with Crippen LogP contribution in [0.3, 0.4) is 0 Å². The number of hydrogen-bond donors (Lipinski definition) is 0. The first-order valence-electron chi connectivity index (χ1n) is 6.31. The molecule has 3 aromatic rings. The van der Waals surface area contributed by atoms with Crippen LogP contribution in [-0.2, 0) is 0 Å². The number of methoxy groups -OCH3 is 1. The molecule has 0 unspecified atom stereocenters. The summed E-state index contributed by atoms with van der Waals surface area (Å²) in [5.41, 5.74) is 0.603. The second-order valence-corrected chi connectivity index (χ2v) is 6.22. The summed E-state index contributed by atoms with van der Waals surface area (Å²) in [6.45, 7) is -2.90. The number of hydrogen-bond acceptors (Lipinski definition) is 5. The van der Waals surface area contributed by atoms with E-state index in [0.717, 1.165) is 4.70 Å². The summed E-state index contributed by atoms with van der Waals surface area (Å²) in [4.78, 5) is 16.7. The lowest BCUT2D eigenvalue weighted by Crippen LogP contribution is -2.19. The second kappa shape index (κ2) is 6.25. The first-order valence-corrected chi connectivity index (χ1v) is 7.92. The van der Waals surface area contributed by atoms with Crippen molar-refractivity contribution >= 4 is 37.6 Å². The molecule has 120 valence electrons. The van der Waals surface area contributed by atoms with Crippen LogP contribution in [0.1, 0.15) is 0 Å². The van der Waals surface area contributed by atoms with Gasteiger partial charge in [-0.15, -0.1) is 0 Å². The molecule has 2 aromatic heterocycles. The van der Waals surface area contributed by atoms with Gasteiger partial charge < -0.3 is 9.47 Å². The smallest absolute Gasteiger partial charge is 0.387 e. The fourth-order valence-electron chi connectivity index (χ4n) is 2.04. The number of nitrogens with zero attached hydrogens (tertiary/aromatic N) is 2. The Morgan fingerprint density at radius 3 is 2.61 bits per heavy atom. The molecule has 3 rings (SSSR count). The van der Waals surface area contributed by atoms with E-state index in [9.17, 15) is 13.6 Å². The highest BCUT2D eigenvalue weighted by atomic mass is 79.9. The Morgan fingerprint density at radius 1 is 1.30 bits per heavy atom. The second-order valence-electron chi connectivity index (χ2n) is 4.38. The predicted molar refractivity (Wildman–Crippen MR) is 86.1 cm³/mol. The van der Waals surface area contributed by atoms with E-state index in [1.54, 1.807) is 6.07 Å². The minimum atomic E-state index is -2.90. The molecule has 0 saturated carbocycles. The first-order chi connectivity index (χ1) is 11.0. The molecule has 0 bridgehead atoms. The van der Waals surface area contributed by atoms with Crippen molar-refractivity contribution < 1.29 is 18.3 Å². The van der Waals surface area contributed by atoms with Gasteiger partial charge in [0.05, 0.1) is 22.0 Å². The zero-order chi connectivity index (χ0) is 16.6. The van der Waals surface area contributed by atoms with E-state index in [0.29, 0.717) is 21.0 Å². The monoisotopic (exact) mass is 402 g/mol. The van der Waals surface area contributed by atoms with Gasteiger partial charge in [0.25, 0.3) is 10.8 Å². The van der Waals surface area contributed by atoms with Gasteiger partial charge in [0, 0.05) is 0 Å². The molecule has 0 saturated heterocycles. The van der Waals surface area contributed by atoms with Gasteiger partial charge in [-0.3, -0.25) is 9.36 Å². The molecule has 0 fully saturated rings. The summed E-state index contributed by atoms with van der Waals surface area (Å²) in [5, 5.41) is 0.420. The Balaban J connectivity index is 2.16. The van der Waals surface area contributed by atoms with Gasteiger partial charge in [-0.1, -0.05) is 11.3 Å². The van der Waals surface area contributed by atoms with Gasteiger partial charge in [-0.25, -0.2) is 0 Å². The van der Waals surface area contributed by atoms with Crippen molar-refractivity contribution in [2.45, 2.75) is 6.61 Å². The van der Waals surface area contributed by atoms with Crippen molar-refractivity contribution in [2.24, 2.45) is 0 Å². The summed E-state index contributed by atoms with van der Waals surface area (Å²) < 4.78 is 36.3. The van der Waals surface area contributed by atoms with Gasteiger partial charge in [0.2, 0.25) is 0 Å². The number of aromatic nitrogens is 2. The lowest BCUT2D eigenvalue weighted by molar-refractivity contribution is -0.0498. The van der Waals surface area contributed by atoms with E-state index in [1.807, 2.05) is 0 Å². The summed E-state index contributed by atoms with van der Waals surface area (Å²) in [6.07, 6.45) is 0. The minimum Gasteiger partial charge on any atom is -0.473 e. The Hall–Kier alpha value is -2.00. The lowest BCUT2D eigenvalue weighted by atomic mass is 10.3. The molecule has 0 aliphatic carbocycles. The number of thiazole rings is 1. The number of rotatable bonds is 4. The van der Waals surface area contributed by atoms with Gasteiger partial charge >= 0.3 is 6.61 Å². The van der Waals surface area contributed by atoms with E-state index in [4.69, 9.17) is 4.74 Å². The number of benzene rings is 1. The molecule has 0 radical (unpaired) electrons. The molecule has 0 aliphatic rings. The summed E-state index contributed by atoms with van der Waals surface area (Å²) in [7, 11) is 1.49. The predicted octanol–water partition coefficient (Wildman–Crippen LogP) is 3.82. The van der Waals surface area contributed by atoms with Crippen molar-refractivity contribution in [1.29, 1.82) is 0 Å². The summed E-state index contributed by atoms with van der Waals surface area (Å²) >= 11 is 4.52. The van der Waals surface area contributed by atoms with Crippen LogP contribution in [0.2, 0.25) is 0 Å². The standard InChI is InChI=1S/C14H9BrF2N2O3S/c1-21-14-18-11-10(23-14)6-9(15)12(20)19(11)7-2-4-8(5-3-7)22-13(16)17/h2-6,13H,1H3. The molecule has 1 aromatic carbocycles. The molecule has 23 heavy (non-hydrogen) atoms. The number of ether oxygens (including phenoxy) is 2. The fraction of sp³-hybridized carbons (Fsp3) is 0.143. The van der Waals surface area contributed by atoms with Gasteiger partial charge in [-0.2, -0.15) is 13.8 Å². The molecule has 5 nitrogen and oxygen atoms in total. The fourth-order valence-corrected chi connectivity index (χ4v) is 3.41. The number of pyridine rings is 1. The van der Waals surface area contributed by atoms with Crippen LogP contribution in [0.4, 0.5) is 8.78 Å². The van der Waals surface area contributed by atoms with Crippen molar-refractivity contribution in [3.8, 4) is 16.6 Å². The maximum absolute atomic E-state index is 12.4. The van der Waals surface area contributed by atoms with E-state index in [2.05, 4.69) is 25.7 Å². The van der Waals surface area contributed by atoms with E-state index in [-0.39, 0.29) is 11.3 Å². The molecule has 0 atom stereocenters. The Labute approximate surface area is 141 Å². The third kappa shape index (κ3) is 3.06. The van der Waals surface area contributed by atoms with Crippen LogP contribution in [0.15, 0.2) is 39.6 Å². The van der Waals surface area contributed by atoms with Crippen molar-refractivity contribution in [3.63, 3.8) is 0 Å². The van der Waals surface area contributed by atoms with Crippen molar-refractivity contribution in [3.05, 3.63) is 45.2 Å². The maximum atomic E-state index is 12.4. The first kappa shape index (κ1) is 15.9. The molecule has 9 heteroatoms. The van der Waals surface area contributed by atoms with Crippen LogP contribution >= 0.6 is 27.3 Å². The van der Waals surface area contributed by atoms with Gasteiger partial charge in [0.1, 0.15) is 5.75 Å². The lowest BCUT2D eigenvalue weighted by Gasteiger charge is -2.09. The normalized spacial score (nSPS) is 11.2. The van der Waals surface area contributed by atoms with Crippen molar-refractivity contribution in [2.75, 3.05) is 7.11 Å². The molecule has 0 aliphatic heterocycles. The molecule has 0 spiro atoms. The summed E-state index contributed by atoms with van der Waals surface area (Å²) in [5.74, 6) is 0.0129. The number of fused-ring (bicyclic) bond motifs is 1. The molecular formula is C14H9BrF2N2O3S. The van der Waals surface area contributed by atoms with Crippen LogP contribution in [0.25, 0.3) is 16.0 Å². The van der Waals surface area contributed by atoms with Crippen LogP contribution in [0.5, 0.6) is 10.9 Å². The SMILES string of the molecule is COc1nc2c(cc(Br)c(=O)n2-c2ccc(OC(F)F)cc2)s1. The summed E-state index contributed by atoms with van der Waals surface area (Å²) in [6, 6.07) is 7.42. The molecule has 0 N–H and O–H groups in total. The van der Waals surface area contributed by atoms with Crippen LogP contribution < -0.4 is 15.0 Å². The van der Waals surface area contributed by atoms with Gasteiger partial charge in [0.15, 0.2) is 5.65 Å². The number of alkyl halides is 2. The van der Waals surface area contributed by atoms with E-state index >= 15 is 0 Å². The zero-order valence-electron chi connectivity index (χ0n) is 11.6. The Morgan fingerprint density at radius 2 is 2.00 bits per heavy atom. The van der Waals surface area contributed by atoms with Crippen LogP contribution in [0, 0.1) is 0 Å². The average Bonchev–Trinajstić information content (AvgIpc) is 2.91. The third-order valence-corrected chi connectivity index (χ3v) is 4.51. The van der Waals surface area contributed by atoms with E-state index in [1.165, 1.54) is 47.3 Å². The van der Waals surface area contributed by atoms with Crippen LogP contribution in [-0.4, -0.2) is 23.3 Å². The van der Waals surface area contributed by atoms with Crippen molar-refractivity contribution in [1.82, 2.24) is 9.55 Å². The topological polar surface area (TPSA) is 53.3 Å². The minimum absolute atomic E-state index is 0.0129. The highest BCUT2D eigenvalue weighted by molar-refractivity contribution is 9.10. The molecular weight excluding hydrogens is 394 g/mol. The Bertz CT molecular complexity index is 909. The maximum Gasteiger partial charge on any atom is 0.387 e. The highest BCUT2D eigenvalue weighted by Gasteiger charge is 2.15. The highest BCUT2D eigenvalue weighted by Crippen LogP contribution is 2.30. The molecule has 0 amide bonds. The largest absolute Gasteiger partial charge is 0.473 e. The zero-order valence-corrected chi connectivity index (χ0v) is 14.0. The molecule has 2 heterocycles. The quantitative estimate of drug-likeness (QED) is 0.665. The number of halogens is 3.